The van der Waals surface area contributed by atoms with E-state index in [4.69, 9.17) is 4.74 Å². The first-order valence-corrected chi connectivity index (χ1v) is 9.23. The average Bonchev–Trinajstić information content (AvgIpc) is 2.98. The number of carbonyl (C=O) groups excluding carboxylic acids is 2. The second-order valence-electron chi connectivity index (χ2n) is 7.09. The highest BCUT2D eigenvalue weighted by molar-refractivity contribution is 5.99. The van der Waals surface area contributed by atoms with Crippen LogP contribution in [0.5, 0.6) is 5.75 Å². The molecule has 144 valence electrons. The van der Waals surface area contributed by atoms with Crippen LogP contribution in [0, 0.1) is 26.7 Å². The summed E-state index contributed by atoms with van der Waals surface area (Å²) in [5, 5.41) is 4.25. The van der Waals surface area contributed by atoms with Crippen LogP contribution >= 0.6 is 0 Å². The lowest BCUT2D eigenvalue weighted by Crippen LogP contribution is -2.44. The van der Waals surface area contributed by atoms with Crippen molar-refractivity contribution < 1.29 is 14.3 Å². The van der Waals surface area contributed by atoms with Crippen LogP contribution in [0.2, 0.25) is 0 Å². The van der Waals surface area contributed by atoms with Crippen molar-refractivity contribution in [1.82, 2.24) is 19.7 Å². The van der Waals surface area contributed by atoms with E-state index in [0.717, 1.165) is 30.0 Å². The van der Waals surface area contributed by atoms with E-state index in [1.165, 1.54) is 0 Å². The Morgan fingerprint density at radius 1 is 1.26 bits per heavy atom. The summed E-state index contributed by atoms with van der Waals surface area (Å²) < 4.78 is 6.84. The number of amides is 1. The molecule has 1 aliphatic rings. The Morgan fingerprint density at radius 3 is 2.67 bits per heavy atom. The van der Waals surface area contributed by atoms with Gasteiger partial charge >= 0.3 is 0 Å². The number of piperidine rings is 1. The zero-order valence-corrected chi connectivity index (χ0v) is 16.4. The summed E-state index contributed by atoms with van der Waals surface area (Å²) in [7, 11) is 1.61. The van der Waals surface area contributed by atoms with Crippen molar-refractivity contribution in [2.75, 3.05) is 20.2 Å². The lowest BCUT2D eigenvalue weighted by Gasteiger charge is -2.32. The summed E-state index contributed by atoms with van der Waals surface area (Å²) in [6.07, 6.45) is 1.63. The molecule has 1 aromatic heterocycles. The number of hydrogen-bond acceptors (Lipinski definition) is 5. The maximum atomic E-state index is 13.0. The van der Waals surface area contributed by atoms with E-state index >= 15 is 0 Å². The molecular weight excluding hydrogens is 344 g/mol. The number of likely N-dealkylation sites (tertiary alicyclic amines) is 1. The van der Waals surface area contributed by atoms with Gasteiger partial charge in [-0.2, -0.15) is 5.10 Å². The molecule has 1 saturated heterocycles. The summed E-state index contributed by atoms with van der Waals surface area (Å²) >= 11 is 0. The van der Waals surface area contributed by atoms with Crippen LogP contribution in [0.25, 0.3) is 0 Å². The topological polar surface area (TPSA) is 77.3 Å². The standard InChI is InChI=1S/C20H26N4O3/c1-13-10-17(27-4)7-8-18(13)20(26)16-6-5-9-23(11-16)19(25)12-24-15(3)21-14(2)22-24/h7-8,10,16H,5-6,9,11-12H2,1-4H3/t16-/m0/s1. The fraction of sp³-hybridized carbons (Fsp3) is 0.500. The van der Waals surface area contributed by atoms with Gasteiger partial charge < -0.3 is 9.64 Å². The van der Waals surface area contributed by atoms with Gasteiger partial charge in [0.1, 0.15) is 23.9 Å². The average molecular weight is 370 g/mol. The molecule has 0 saturated carbocycles. The van der Waals surface area contributed by atoms with Gasteiger partial charge in [0.05, 0.1) is 7.11 Å². The summed E-state index contributed by atoms with van der Waals surface area (Å²) in [4.78, 5) is 31.7. The molecular formula is C20H26N4O3. The van der Waals surface area contributed by atoms with Crippen molar-refractivity contribution in [3.8, 4) is 5.75 Å². The molecule has 0 N–H and O–H groups in total. The Labute approximate surface area is 159 Å². The third-order valence-electron chi connectivity index (χ3n) is 5.09. The smallest absolute Gasteiger partial charge is 0.244 e. The van der Waals surface area contributed by atoms with E-state index in [9.17, 15) is 9.59 Å². The number of nitrogens with zero attached hydrogens (tertiary/aromatic N) is 4. The summed E-state index contributed by atoms with van der Waals surface area (Å²) in [6, 6.07) is 5.50. The van der Waals surface area contributed by atoms with Gasteiger partial charge in [-0.05, 0) is 57.4 Å². The second-order valence-corrected chi connectivity index (χ2v) is 7.09. The van der Waals surface area contributed by atoms with Gasteiger partial charge in [-0.1, -0.05) is 0 Å². The van der Waals surface area contributed by atoms with Gasteiger partial charge in [0.15, 0.2) is 5.78 Å². The van der Waals surface area contributed by atoms with Crippen LogP contribution < -0.4 is 4.74 Å². The van der Waals surface area contributed by atoms with Crippen LogP contribution in [0.1, 0.15) is 40.4 Å². The molecule has 0 radical (unpaired) electrons. The Balaban J connectivity index is 1.69. The summed E-state index contributed by atoms with van der Waals surface area (Å²) in [5.74, 6) is 2.02. The minimum atomic E-state index is -0.173. The molecule has 7 nitrogen and oxygen atoms in total. The van der Waals surface area contributed by atoms with Crippen molar-refractivity contribution in [2.24, 2.45) is 5.92 Å². The van der Waals surface area contributed by atoms with Crippen molar-refractivity contribution in [3.05, 3.63) is 41.0 Å². The van der Waals surface area contributed by atoms with E-state index in [0.29, 0.717) is 24.5 Å². The van der Waals surface area contributed by atoms with Gasteiger partial charge in [0, 0.05) is 24.6 Å². The van der Waals surface area contributed by atoms with Gasteiger partial charge in [-0.15, -0.1) is 0 Å². The van der Waals surface area contributed by atoms with E-state index in [1.54, 1.807) is 23.6 Å². The fourth-order valence-electron chi connectivity index (χ4n) is 3.62. The molecule has 1 aliphatic heterocycles. The number of aromatic nitrogens is 3. The quantitative estimate of drug-likeness (QED) is 0.755. The van der Waals surface area contributed by atoms with Crippen LogP contribution in [0.3, 0.4) is 0 Å². The van der Waals surface area contributed by atoms with Crippen molar-refractivity contribution in [3.63, 3.8) is 0 Å². The first-order valence-electron chi connectivity index (χ1n) is 9.23. The van der Waals surface area contributed by atoms with Crippen molar-refractivity contribution in [2.45, 2.75) is 40.2 Å². The molecule has 1 fully saturated rings. The minimum absolute atomic E-state index is 0.0213. The number of hydrogen-bond donors (Lipinski definition) is 0. The maximum Gasteiger partial charge on any atom is 0.244 e. The van der Waals surface area contributed by atoms with Crippen molar-refractivity contribution in [1.29, 1.82) is 0 Å². The number of methoxy groups -OCH3 is 1. The lowest BCUT2D eigenvalue weighted by molar-refractivity contribution is -0.133. The number of aryl methyl sites for hydroxylation is 3. The van der Waals surface area contributed by atoms with Crippen LogP contribution in [0.4, 0.5) is 0 Å². The van der Waals surface area contributed by atoms with E-state index in [1.807, 2.05) is 32.0 Å². The predicted octanol–water partition coefficient (Wildman–Crippen LogP) is 2.33. The number of rotatable bonds is 5. The number of ketones is 1. The Kier molecular flexibility index (Phi) is 5.58. The van der Waals surface area contributed by atoms with Gasteiger partial charge in [0.25, 0.3) is 0 Å². The summed E-state index contributed by atoms with van der Waals surface area (Å²) in [6.45, 7) is 6.85. The minimum Gasteiger partial charge on any atom is -0.497 e. The Bertz CT molecular complexity index is 859. The highest BCUT2D eigenvalue weighted by atomic mass is 16.5. The highest BCUT2D eigenvalue weighted by Crippen LogP contribution is 2.25. The monoisotopic (exact) mass is 370 g/mol. The molecule has 2 aromatic rings. The number of carbonyl (C=O) groups is 2. The molecule has 0 bridgehead atoms. The third-order valence-corrected chi connectivity index (χ3v) is 5.09. The van der Waals surface area contributed by atoms with Gasteiger partial charge in [-0.3, -0.25) is 9.59 Å². The van der Waals surface area contributed by atoms with Crippen LogP contribution in [-0.2, 0) is 11.3 Å². The molecule has 7 heteroatoms. The first-order chi connectivity index (χ1) is 12.9. The molecule has 2 heterocycles. The lowest BCUT2D eigenvalue weighted by atomic mass is 9.88. The largest absolute Gasteiger partial charge is 0.497 e. The van der Waals surface area contributed by atoms with Gasteiger partial charge in [0.2, 0.25) is 5.91 Å². The molecule has 0 aliphatic carbocycles. The second kappa shape index (κ2) is 7.90. The molecule has 3 rings (SSSR count). The predicted molar refractivity (Wildman–Crippen MR) is 101 cm³/mol. The van der Waals surface area contributed by atoms with Gasteiger partial charge in [-0.25, -0.2) is 9.67 Å². The normalized spacial score (nSPS) is 17.0. The maximum absolute atomic E-state index is 13.0. The zero-order valence-electron chi connectivity index (χ0n) is 16.4. The zero-order chi connectivity index (χ0) is 19.6. The third kappa shape index (κ3) is 4.18. The van der Waals surface area contributed by atoms with E-state index < -0.39 is 0 Å². The summed E-state index contributed by atoms with van der Waals surface area (Å²) in [5.41, 5.74) is 1.61. The van der Waals surface area contributed by atoms with E-state index in [2.05, 4.69) is 10.1 Å². The molecule has 0 spiro atoms. The van der Waals surface area contributed by atoms with E-state index in [-0.39, 0.29) is 24.2 Å². The molecule has 1 amide bonds. The van der Waals surface area contributed by atoms with Crippen molar-refractivity contribution >= 4 is 11.7 Å². The van der Waals surface area contributed by atoms with Crippen LogP contribution in [0.15, 0.2) is 18.2 Å². The first kappa shape index (κ1) is 19.1. The molecule has 27 heavy (non-hydrogen) atoms. The fourth-order valence-corrected chi connectivity index (χ4v) is 3.62. The SMILES string of the molecule is COc1ccc(C(=O)[C@H]2CCCN(C(=O)Cn3nc(C)nc3C)C2)c(C)c1. The highest BCUT2D eigenvalue weighted by Gasteiger charge is 2.30. The Morgan fingerprint density at radius 2 is 2.04 bits per heavy atom. The molecule has 0 unspecified atom stereocenters. The number of benzene rings is 1. The number of ether oxygens (including phenoxy) is 1. The number of Topliss-reactive ketones (excluding diaryl/α,β-unsaturated/α-hetero) is 1. The van der Waals surface area contributed by atoms with Crippen LogP contribution in [-0.4, -0.2) is 51.6 Å². The molecule has 1 atom stereocenters. The Hall–Kier alpha value is -2.70. The molecule has 1 aromatic carbocycles.